The normalized spacial score (nSPS) is 16.0. The summed E-state index contributed by atoms with van der Waals surface area (Å²) in [5.74, 6) is -77.3. The zero-order valence-corrected chi connectivity index (χ0v) is 23.8. The van der Waals surface area contributed by atoms with Crippen molar-refractivity contribution in [3.05, 3.63) is 0 Å². The molecule has 28 heteroatoms. The Labute approximate surface area is 256 Å². The minimum Gasteiger partial charge on any atom is -0.200 e. The molecule has 0 N–H and O–H groups in total. The van der Waals surface area contributed by atoms with E-state index in [1.807, 2.05) is 0 Å². The quantitative estimate of drug-likeness (QED) is 0.1000. The summed E-state index contributed by atoms with van der Waals surface area (Å²) in [4.78, 5) is 0. The molecule has 0 saturated heterocycles. The van der Waals surface area contributed by atoms with Gasteiger partial charge in [-0.05, 0) is 31.3 Å². The van der Waals surface area contributed by atoms with Crippen LogP contribution in [0.3, 0.4) is 0 Å². The van der Waals surface area contributed by atoms with Crippen LogP contribution in [0, 0.1) is 11.3 Å². The molecule has 0 bridgehead atoms. The topological polar surface area (TPSA) is 23.8 Å². The molecular weight excluding hydrogens is 791 g/mol. The number of nitriles is 1. The first-order chi connectivity index (χ1) is 21.1. The van der Waals surface area contributed by atoms with Gasteiger partial charge >= 0.3 is 71.6 Å². The molecule has 0 rings (SSSR count). The molecule has 0 unspecified atom stereocenters. The molecule has 0 aromatic heterocycles. The second kappa shape index (κ2) is 13.9. The number of halogens is 26. The van der Waals surface area contributed by atoms with Gasteiger partial charge in [-0.25, -0.2) is 0 Å². The van der Waals surface area contributed by atoms with E-state index >= 15 is 0 Å². The van der Waals surface area contributed by atoms with Crippen molar-refractivity contribution in [1.29, 1.82) is 5.26 Å². The van der Waals surface area contributed by atoms with Crippen molar-refractivity contribution < 1.29 is 114 Å². The Morgan fingerprint density at radius 2 is 0.592 bits per heavy atom. The first-order valence-electron chi connectivity index (χ1n) is 12.1. The highest BCUT2D eigenvalue weighted by molar-refractivity contribution is 7.57. The molecular formula is C21H16F26NP. The smallest absolute Gasteiger partial charge is 0.200 e. The van der Waals surface area contributed by atoms with Gasteiger partial charge in [-0.1, -0.05) is 0 Å². The van der Waals surface area contributed by atoms with E-state index < -0.39 is 130 Å². The van der Waals surface area contributed by atoms with Crippen LogP contribution >= 0.6 is 7.92 Å². The van der Waals surface area contributed by atoms with Crippen LogP contribution in [0.4, 0.5) is 114 Å². The number of hydrogen-bond acceptors (Lipinski definition) is 1. The van der Waals surface area contributed by atoms with Crippen LogP contribution in [-0.2, 0) is 0 Å². The summed E-state index contributed by atoms with van der Waals surface area (Å²) < 4.78 is 343. The maximum Gasteiger partial charge on any atom is 0.460 e. The Hall–Kier alpha value is -1.90. The Morgan fingerprint density at radius 3 is 0.816 bits per heavy atom. The fourth-order valence-electron chi connectivity index (χ4n) is 3.51. The summed E-state index contributed by atoms with van der Waals surface area (Å²) in [6, 6.07) is 1.27. The van der Waals surface area contributed by atoms with Gasteiger partial charge in [0.2, 0.25) is 0 Å². The van der Waals surface area contributed by atoms with Crippen LogP contribution in [0.25, 0.3) is 0 Å². The first-order valence-corrected chi connectivity index (χ1v) is 14.0. The second-order valence-electron chi connectivity index (χ2n) is 9.96. The van der Waals surface area contributed by atoms with Crippen molar-refractivity contribution in [2.75, 3.05) is 18.5 Å². The molecule has 0 aromatic rings. The fraction of sp³-hybridized carbons (Fsp3) is 0.952. The summed E-state index contributed by atoms with van der Waals surface area (Å²) in [7, 11) is -2.50. The van der Waals surface area contributed by atoms with E-state index in [0.29, 0.717) is 0 Å². The summed E-state index contributed by atoms with van der Waals surface area (Å²) in [6.45, 7) is 0. The lowest BCUT2D eigenvalue weighted by Gasteiger charge is -2.40. The highest BCUT2D eigenvalue weighted by Gasteiger charge is 2.92. The largest absolute Gasteiger partial charge is 0.460 e. The third kappa shape index (κ3) is 7.96. The van der Waals surface area contributed by atoms with Gasteiger partial charge in [0.15, 0.2) is 0 Å². The van der Waals surface area contributed by atoms with Gasteiger partial charge in [-0.15, -0.1) is 7.92 Å². The molecule has 1 nitrogen and oxygen atoms in total. The van der Waals surface area contributed by atoms with Gasteiger partial charge < -0.3 is 0 Å². The van der Waals surface area contributed by atoms with E-state index in [1.165, 1.54) is 6.07 Å². The van der Waals surface area contributed by atoms with Crippen LogP contribution in [0.5, 0.6) is 0 Å². The number of nitrogens with zero attached hydrogens (tertiary/aromatic N) is 1. The molecule has 0 heterocycles. The molecule has 49 heavy (non-hydrogen) atoms. The van der Waals surface area contributed by atoms with Crippen molar-refractivity contribution in [2.45, 2.75) is 104 Å². The Morgan fingerprint density at radius 1 is 0.347 bits per heavy atom. The monoisotopic (exact) mass is 807 g/mol. The predicted octanol–water partition coefficient (Wildman–Crippen LogP) is 11.4. The molecule has 0 spiro atoms. The van der Waals surface area contributed by atoms with Crippen molar-refractivity contribution in [2.24, 2.45) is 0 Å². The lowest BCUT2D eigenvalue weighted by molar-refractivity contribution is -0.440. The summed E-state index contributed by atoms with van der Waals surface area (Å²) in [6.07, 6.45) is -28.3. The molecule has 0 aliphatic carbocycles. The number of hydrogen-bond donors (Lipinski definition) is 0. The van der Waals surface area contributed by atoms with Gasteiger partial charge in [0, 0.05) is 19.3 Å². The van der Waals surface area contributed by atoms with Crippen LogP contribution < -0.4 is 0 Å². The fourth-order valence-corrected chi connectivity index (χ4v) is 5.81. The third-order valence-corrected chi connectivity index (χ3v) is 9.22. The SMILES string of the molecule is N#CCCP(CCCC(F)(F)C(F)(F)C(F)(F)C(F)(F)C(F)(F)C(F)(F)F)CCCC(F)(F)C(F)(F)C(F)(F)C(F)(F)C(F)(F)C(F)(F)F. The van der Waals surface area contributed by atoms with E-state index in [4.69, 9.17) is 5.26 Å². The van der Waals surface area contributed by atoms with Crippen molar-refractivity contribution in [1.82, 2.24) is 0 Å². The van der Waals surface area contributed by atoms with Gasteiger partial charge in [-0.3, -0.25) is 0 Å². The van der Waals surface area contributed by atoms with E-state index in [2.05, 4.69) is 0 Å². The number of alkyl halides is 26. The van der Waals surface area contributed by atoms with Gasteiger partial charge in [0.05, 0.1) is 6.07 Å². The van der Waals surface area contributed by atoms with E-state index in [-0.39, 0.29) is 0 Å². The lowest BCUT2D eigenvalue weighted by Crippen LogP contribution is -2.70. The van der Waals surface area contributed by atoms with E-state index in [1.54, 1.807) is 0 Å². The van der Waals surface area contributed by atoms with E-state index in [0.717, 1.165) is 0 Å². The van der Waals surface area contributed by atoms with Gasteiger partial charge in [-0.2, -0.15) is 119 Å². The minimum absolute atomic E-state index is 0.742. The van der Waals surface area contributed by atoms with Crippen LogP contribution in [0.15, 0.2) is 0 Å². The zero-order chi connectivity index (χ0) is 39.9. The minimum atomic E-state index is -8.22. The van der Waals surface area contributed by atoms with Crippen molar-refractivity contribution in [3.63, 3.8) is 0 Å². The molecule has 0 saturated carbocycles. The maximum absolute atomic E-state index is 13.9. The first kappa shape index (κ1) is 47.1. The molecule has 0 radical (unpaired) electrons. The predicted molar refractivity (Wildman–Crippen MR) is 112 cm³/mol. The average molecular weight is 807 g/mol. The molecule has 0 amide bonds. The molecule has 0 aliphatic rings. The lowest BCUT2D eigenvalue weighted by atomic mass is 9.92. The molecule has 292 valence electrons. The Balaban J connectivity index is 5.98. The average Bonchev–Trinajstić information content (AvgIpc) is 2.88. The van der Waals surface area contributed by atoms with E-state index in [9.17, 15) is 114 Å². The summed E-state index contributed by atoms with van der Waals surface area (Å²) in [5, 5.41) is 8.55. The van der Waals surface area contributed by atoms with Gasteiger partial charge in [0.25, 0.3) is 0 Å². The van der Waals surface area contributed by atoms with Crippen LogP contribution in [0.2, 0.25) is 0 Å². The molecule has 0 aliphatic heterocycles. The van der Waals surface area contributed by atoms with Crippen LogP contribution in [0.1, 0.15) is 32.1 Å². The summed E-state index contributed by atoms with van der Waals surface area (Å²) in [5.41, 5.74) is 0. The maximum atomic E-state index is 13.9. The number of rotatable bonds is 18. The highest BCUT2D eigenvalue weighted by Crippen LogP contribution is 2.62. The Kier molecular flexibility index (Phi) is 13.4. The highest BCUT2D eigenvalue weighted by atomic mass is 31.1. The van der Waals surface area contributed by atoms with Crippen molar-refractivity contribution >= 4 is 7.92 Å². The van der Waals surface area contributed by atoms with Crippen LogP contribution in [-0.4, -0.2) is 90.1 Å². The summed E-state index contributed by atoms with van der Waals surface area (Å²) >= 11 is 0. The molecule has 0 fully saturated rings. The zero-order valence-electron chi connectivity index (χ0n) is 22.9. The second-order valence-corrected chi connectivity index (χ2v) is 12.6. The third-order valence-electron chi connectivity index (χ3n) is 6.47. The molecule has 0 aromatic carbocycles. The molecule has 0 atom stereocenters. The van der Waals surface area contributed by atoms with Gasteiger partial charge in [0.1, 0.15) is 0 Å². The van der Waals surface area contributed by atoms with Crippen molar-refractivity contribution in [3.8, 4) is 6.07 Å². The Bertz CT molecular complexity index is 1060. The standard InChI is InChI=1S/C21H16F26NP/c22-10(23,12(26,27)14(30,31)16(34,35)18(38,39)20(42,43)44)4-1-7-49(9-3-6-48)8-2-5-11(24,25)13(28,29)15(32,33)17(36,37)19(40,41)21(45,46)47/h1-5,7-9H2.